The number of fused-ring (bicyclic) bond motifs is 1. The van der Waals surface area contributed by atoms with Crippen LogP contribution in [0.3, 0.4) is 0 Å². The van der Waals surface area contributed by atoms with Crippen LogP contribution in [0.1, 0.15) is 97.8 Å². The molecular formula is C35H49N3O2S. The third-order valence-corrected chi connectivity index (χ3v) is 9.90. The van der Waals surface area contributed by atoms with Gasteiger partial charge in [-0.2, -0.15) is 0 Å². The number of aryl methyl sites for hydroxylation is 2. The van der Waals surface area contributed by atoms with E-state index in [1.54, 1.807) is 11.8 Å². The minimum absolute atomic E-state index is 0.0389. The number of unbranched alkanes of at least 4 members (excludes halogenated alkanes) is 2. The molecule has 0 bridgehead atoms. The Morgan fingerprint density at radius 2 is 1.71 bits per heavy atom. The van der Waals surface area contributed by atoms with E-state index < -0.39 is 0 Å². The van der Waals surface area contributed by atoms with E-state index in [2.05, 4.69) is 61.0 Å². The lowest BCUT2D eigenvalue weighted by molar-refractivity contribution is -0.130. The van der Waals surface area contributed by atoms with Gasteiger partial charge < -0.3 is 15.1 Å². The van der Waals surface area contributed by atoms with Gasteiger partial charge in [-0.25, -0.2) is 0 Å². The van der Waals surface area contributed by atoms with Gasteiger partial charge in [-0.15, -0.1) is 11.8 Å². The van der Waals surface area contributed by atoms with Gasteiger partial charge in [-0.1, -0.05) is 75.4 Å². The first-order chi connectivity index (χ1) is 19.9. The molecule has 1 aliphatic heterocycles. The molecule has 1 saturated carbocycles. The van der Waals surface area contributed by atoms with E-state index >= 15 is 0 Å². The number of carbonyl (C=O) groups excluding carboxylic acids is 2. The summed E-state index contributed by atoms with van der Waals surface area (Å²) in [5.74, 6) is 0.0968. The van der Waals surface area contributed by atoms with Crippen LogP contribution >= 0.6 is 11.8 Å². The molecule has 2 aliphatic rings. The summed E-state index contributed by atoms with van der Waals surface area (Å²) in [5.41, 5.74) is 5.33. The van der Waals surface area contributed by atoms with E-state index in [0.717, 1.165) is 42.9 Å². The van der Waals surface area contributed by atoms with Crippen molar-refractivity contribution < 1.29 is 9.59 Å². The Morgan fingerprint density at radius 3 is 2.41 bits per heavy atom. The maximum Gasteiger partial charge on any atom is 0.260 e. The molecule has 2 fully saturated rings. The van der Waals surface area contributed by atoms with Crippen molar-refractivity contribution >= 4 is 29.7 Å². The van der Waals surface area contributed by atoms with Crippen molar-refractivity contribution in [1.29, 1.82) is 0 Å². The molecule has 5 nitrogen and oxygen atoms in total. The van der Waals surface area contributed by atoms with E-state index in [9.17, 15) is 9.59 Å². The first kappa shape index (κ1) is 31.4. The van der Waals surface area contributed by atoms with Crippen LogP contribution in [-0.2, 0) is 11.3 Å². The fraction of sp³-hybridized carbons (Fsp3) is 0.543. The minimum Gasteiger partial charge on any atom is -0.351 e. The van der Waals surface area contributed by atoms with Crippen LogP contribution in [0.5, 0.6) is 0 Å². The first-order valence-electron chi connectivity index (χ1n) is 15.8. The molecule has 1 aliphatic carbocycles. The molecule has 2 aromatic carbocycles. The number of nitrogens with one attached hydrogen (secondary N) is 1. The summed E-state index contributed by atoms with van der Waals surface area (Å²) >= 11 is 1.76. The Bertz CT molecular complexity index is 1180. The number of benzene rings is 2. The van der Waals surface area contributed by atoms with Gasteiger partial charge in [-0.3, -0.25) is 9.59 Å². The monoisotopic (exact) mass is 575 g/mol. The van der Waals surface area contributed by atoms with Gasteiger partial charge in [-0.05, 0) is 87.5 Å². The Balaban J connectivity index is 1.41. The lowest BCUT2D eigenvalue weighted by Gasteiger charge is -2.44. The fourth-order valence-corrected chi connectivity index (χ4v) is 7.40. The van der Waals surface area contributed by atoms with Crippen molar-refractivity contribution in [1.82, 2.24) is 15.1 Å². The molecule has 0 aromatic heterocycles. The lowest BCUT2D eigenvalue weighted by atomic mass is 9.92. The Morgan fingerprint density at radius 1 is 1.00 bits per heavy atom. The zero-order chi connectivity index (χ0) is 29.2. The number of hydrogen-bond acceptors (Lipinski definition) is 4. The van der Waals surface area contributed by atoms with Crippen molar-refractivity contribution in [3.8, 4) is 0 Å². The van der Waals surface area contributed by atoms with Crippen molar-refractivity contribution in [3.05, 3.63) is 75.2 Å². The standard InChI is InChI=1S/C35H49N3O2S/c1-5-7-20-37(21-8-6-2)22-19-36-34(39)29-17-15-28(16-18-29)24-33-35(40)38(31-11-9-10-12-32(31)41-33)25-30-23-26(3)13-14-27(30)4/h13-18,23-24,31-32H,5-12,19-22,25H2,1-4H3,(H,36,39)/b33-24-. The molecule has 2 aromatic rings. The average molecular weight is 576 g/mol. The third-order valence-electron chi connectivity index (χ3n) is 8.50. The second-order valence-corrected chi connectivity index (χ2v) is 13.1. The molecule has 0 radical (unpaired) electrons. The van der Waals surface area contributed by atoms with Crippen LogP contribution in [0.4, 0.5) is 0 Å². The zero-order valence-corrected chi connectivity index (χ0v) is 26.4. The van der Waals surface area contributed by atoms with Crippen molar-refractivity contribution in [2.45, 2.75) is 96.9 Å². The van der Waals surface area contributed by atoms with Crippen LogP contribution < -0.4 is 5.32 Å². The number of carbonyl (C=O) groups is 2. The summed E-state index contributed by atoms with van der Waals surface area (Å²) in [6, 6.07) is 14.5. The highest BCUT2D eigenvalue weighted by Crippen LogP contribution is 2.43. The second-order valence-electron chi connectivity index (χ2n) is 11.8. The molecule has 222 valence electrons. The Hall–Kier alpha value is -2.57. The maximum absolute atomic E-state index is 13.8. The lowest BCUT2D eigenvalue weighted by Crippen LogP contribution is -2.50. The molecule has 6 heteroatoms. The van der Waals surface area contributed by atoms with Gasteiger partial charge in [0.1, 0.15) is 0 Å². The maximum atomic E-state index is 13.8. The average Bonchev–Trinajstić information content (AvgIpc) is 2.98. The summed E-state index contributed by atoms with van der Waals surface area (Å²) in [6.45, 7) is 13.1. The minimum atomic E-state index is -0.0389. The van der Waals surface area contributed by atoms with Gasteiger partial charge in [0, 0.05) is 36.5 Å². The number of rotatable bonds is 13. The SMILES string of the molecule is CCCCN(CCCC)CCNC(=O)c1ccc(/C=C2\SC3CCCCC3N(Cc3cc(C)ccc3C)C2=O)cc1. The fourth-order valence-electron chi connectivity index (χ4n) is 5.93. The van der Waals surface area contributed by atoms with Gasteiger partial charge in [0.2, 0.25) is 0 Å². The quantitative estimate of drug-likeness (QED) is 0.254. The molecule has 4 rings (SSSR count). The molecule has 41 heavy (non-hydrogen) atoms. The van der Waals surface area contributed by atoms with Gasteiger partial charge >= 0.3 is 0 Å². The number of hydrogen-bond donors (Lipinski definition) is 1. The van der Waals surface area contributed by atoms with E-state index in [-0.39, 0.29) is 11.8 Å². The molecule has 2 unspecified atom stereocenters. The number of amides is 2. The predicted molar refractivity (Wildman–Crippen MR) is 173 cm³/mol. The Kier molecular flexibility index (Phi) is 11.9. The van der Waals surface area contributed by atoms with Crippen molar-refractivity contribution in [2.75, 3.05) is 26.2 Å². The largest absolute Gasteiger partial charge is 0.351 e. The molecule has 2 amide bonds. The van der Waals surface area contributed by atoms with Crippen LogP contribution in [-0.4, -0.2) is 59.1 Å². The molecular weight excluding hydrogens is 526 g/mol. The third kappa shape index (κ3) is 8.71. The smallest absolute Gasteiger partial charge is 0.260 e. The van der Waals surface area contributed by atoms with Gasteiger partial charge in [0.15, 0.2) is 0 Å². The van der Waals surface area contributed by atoms with E-state index in [1.807, 2.05) is 30.3 Å². The van der Waals surface area contributed by atoms with E-state index in [0.29, 0.717) is 29.9 Å². The predicted octanol–water partition coefficient (Wildman–Crippen LogP) is 7.36. The zero-order valence-electron chi connectivity index (χ0n) is 25.6. The van der Waals surface area contributed by atoms with Gasteiger partial charge in [0.05, 0.1) is 4.91 Å². The summed E-state index contributed by atoms with van der Waals surface area (Å²) < 4.78 is 0. The topological polar surface area (TPSA) is 52.7 Å². The summed E-state index contributed by atoms with van der Waals surface area (Å²) in [7, 11) is 0. The summed E-state index contributed by atoms with van der Waals surface area (Å²) in [4.78, 5) is 32.1. The normalized spacial score (nSPS) is 20.0. The van der Waals surface area contributed by atoms with Crippen LogP contribution in [0.2, 0.25) is 0 Å². The molecule has 2 atom stereocenters. The highest BCUT2D eigenvalue weighted by Gasteiger charge is 2.40. The van der Waals surface area contributed by atoms with Crippen molar-refractivity contribution in [2.24, 2.45) is 0 Å². The van der Waals surface area contributed by atoms with Crippen LogP contribution in [0.25, 0.3) is 6.08 Å². The number of nitrogens with zero attached hydrogens (tertiary/aromatic N) is 2. The molecule has 1 saturated heterocycles. The second kappa shape index (κ2) is 15.6. The van der Waals surface area contributed by atoms with Crippen molar-refractivity contribution in [3.63, 3.8) is 0 Å². The highest BCUT2D eigenvalue weighted by molar-refractivity contribution is 8.04. The van der Waals surface area contributed by atoms with Gasteiger partial charge in [0.25, 0.3) is 11.8 Å². The molecule has 1 N–H and O–H groups in total. The summed E-state index contributed by atoms with van der Waals surface area (Å²) in [5, 5.41) is 3.54. The molecule has 1 heterocycles. The van der Waals surface area contributed by atoms with Crippen LogP contribution in [0, 0.1) is 13.8 Å². The van der Waals surface area contributed by atoms with E-state index in [4.69, 9.17) is 0 Å². The first-order valence-corrected chi connectivity index (χ1v) is 16.6. The van der Waals surface area contributed by atoms with Crippen LogP contribution in [0.15, 0.2) is 47.4 Å². The number of thioether (sulfide) groups is 1. The highest BCUT2D eigenvalue weighted by atomic mass is 32.2. The van der Waals surface area contributed by atoms with E-state index in [1.165, 1.54) is 55.2 Å². The molecule has 0 spiro atoms. The Labute approximate surface area is 252 Å². The summed E-state index contributed by atoms with van der Waals surface area (Å²) in [6.07, 6.45) is 11.4.